The Morgan fingerprint density at radius 3 is 2.94 bits per heavy atom. The normalized spacial score (nSPS) is 19.9. The summed E-state index contributed by atoms with van der Waals surface area (Å²) in [5.74, 6) is 0.0745. The number of nitrogens with zero attached hydrogens (tertiary/aromatic N) is 1. The van der Waals surface area contributed by atoms with E-state index in [1.165, 1.54) is 17.4 Å². The third kappa shape index (κ3) is 1.67. The number of aromatic nitrogens is 1. The van der Waals surface area contributed by atoms with Crippen LogP contribution in [0.15, 0.2) is 30.5 Å². The second-order valence-corrected chi connectivity index (χ2v) is 4.64. The highest BCUT2D eigenvalue weighted by Gasteiger charge is 2.21. The van der Waals surface area contributed by atoms with Crippen LogP contribution in [0.3, 0.4) is 0 Å². The van der Waals surface area contributed by atoms with Crippen molar-refractivity contribution >= 4 is 16.8 Å². The number of benzene rings is 1. The molecule has 1 aromatic heterocycles. The van der Waals surface area contributed by atoms with Gasteiger partial charge in [-0.2, -0.15) is 0 Å². The van der Waals surface area contributed by atoms with Gasteiger partial charge in [-0.3, -0.25) is 9.36 Å². The smallest absolute Gasteiger partial charge is 0.227 e. The van der Waals surface area contributed by atoms with E-state index in [0.717, 1.165) is 18.5 Å². The second kappa shape index (κ2) is 4.00. The summed E-state index contributed by atoms with van der Waals surface area (Å²) in [5.41, 5.74) is 2.28. The molecule has 1 aromatic carbocycles. The Morgan fingerprint density at radius 1 is 1.41 bits per heavy atom. The van der Waals surface area contributed by atoms with E-state index in [4.69, 9.17) is 0 Å². The molecule has 1 aliphatic heterocycles. The van der Waals surface area contributed by atoms with E-state index in [9.17, 15) is 4.79 Å². The van der Waals surface area contributed by atoms with Crippen LogP contribution in [0.5, 0.6) is 0 Å². The monoisotopic (exact) mass is 228 g/mol. The summed E-state index contributed by atoms with van der Waals surface area (Å²) in [7, 11) is 0. The largest absolute Gasteiger partial charge is 0.310 e. The minimum absolute atomic E-state index is 0.0745. The number of carbonyl (C=O) groups is 1. The van der Waals surface area contributed by atoms with Crippen molar-refractivity contribution in [2.45, 2.75) is 25.8 Å². The van der Waals surface area contributed by atoms with E-state index in [0.29, 0.717) is 6.04 Å². The molecule has 2 heterocycles. The van der Waals surface area contributed by atoms with Gasteiger partial charge in [0.05, 0.1) is 5.52 Å². The zero-order chi connectivity index (χ0) is 11.8. The molecule has 17 heavy (non-hydrogen) atoms. The van der Waals surface area contributed by atoms with Gasteiger partial charge in [0.15, 0.2) is 0 Å². The van der Waals surface area contributed by atoms with Crippen LogP contribution in [0.2, 0.25) is 0 Å². The summed E-state index contributed by atoms with van der Waals surface area (Å²) in [5, 5.41) is 4.69. The fourth-order valence-corrected chi connectivity index (χ4v) is 2.69. The van der Waals surface area contributed by atoms with E-state index < -0.39 is 0 Å². The average molecular weight is 228 g/mol. The minimum Gasteiger partial charge on any atom is -0.310 e. The summed E-state index contributed by atoms with van der Waals surface area (Å²) in [6, 6.07) is 8.53. The van der Waals surface area contributed by atoms with Crippen LogP contribution in [-0.4, -0.2) is 17.0 Å². The van der Waals surface area contributed by atoms with Crippen LogP contribution in [0.25, 0.3) is 10.9 Å². The third-order valence-electron chi connectivity index (χ3n) is 3.52. The van der Waals surface area contributed by atoms with Gasteiger partial charge in [-0.25, -0.2) is 0 Å². The van der Waals surface area contributed by atoms with E-state index in [1.807, 2.05) is 24.4 Å². The molecule has 2 aromatic rings. The first-order valence-corrected chi connectivity index (χ1v) is 6.11. The topological polar surface area (TPSA) is 34.0 Å². The van der Waals surface area contributed by atoms with Crippen molar-refractivity contribution in [2.24, 2.45) is 0 Å². The zero-order valence-electron chi connectivity index (χ0n) is 9.94. The Balaban J connectivity index is 2.20. The van der Waals surface area contributed by atoms with Gasteiger partial charge >= 0.3 is 0 Å². The standard InChI is InChI=1S/C14H16N2O/c1-10(17)16-9-12(13-6-4-8-15-13)11-5-2-3-7-14(11)16/h2-3,5,7,9,13,15H,4,6,8H2,1H3/t13-/m1/s1. The van der Waals surface area contributed by atoms with E-state index in [1.54, 1.807) is 11.5 Å². The van der Waals surface area contributed by atoms with Crippen LogP contribution in [0, 0.1) is 0 Å². The summed E-state index contributed by atoms with van der Waals surface area (Å²) in [6.45, 7) is 2.68. The number of para-hydroxylation sites is 1. The van der Waals surface area contributed by atoms with Gasteiger partial charge in [0.25, 0.3) is 0 Å². The van der Waals surface area contributed by atoms with Crippen molar-refractivity contribution in [1.82, 2.24) is 9.88 Å². The summed E-state index contributed by atoms with van der Waals surface area (Å²) >= 11 is 0. The first-order valence-electron chi connectivity index (χ1n) is 6.11. The first kappa shape index (κ1) is 10.5. The molecule has 0 unspecified atom stereocenters. The van der Waals surface area contributed by atoms with Crippen LogP contribution in [-0.2, 0) is 0 Å². The molecule has 1 atom stereocenters. The Morgan fingerprint density at radius 2 is 2.24 bits per heavy atom. The van der Waals surface area contributed by atoms with Gasteiger partial charge in [-0.15, -0.1) is 0 Å². The lowest BCUT2D eigenvalue weighted by Crippen LogP contribution is -2.12. The molecule has 3 nitrogen and oxygen atoms in total. The summed E-state index contributed by atoms with van der Waals surface area (Å²) < 4.78 is 1.75. The van der Waals surface area contributed by atoms with E-state index in [2.05, 4.69) is 11.4 Å². The molecule has 88 valence electrons. The fourth-order valence-electron chi connectivity index (χ4n) is 2.69. The second-order valence-electron chi connectivity index (χ2n) is 4.64. The molecule has 0 aliphatic carbocycles. The van der Waals surface area contributed by atoms with Crippen molar-refractivity contribution in [3.8, 4) is 0 Å². The molecule has 1 fully saturated rings. The molecular formula is C14H16N2O. The van der Waals surface area contributed by atoms with Gasteiger partial charge in [-0.05, 0) is 31.0 Å². The van der Waals surface area contributed by atoms with Crippen molar-refractivity contribution < 1.29 is 4.79 Å². The Kier molecular flexibility index (Phi) is 2.48. The molecule has 0 saturated carbocycles. The molecule has 3 rings (SSSR count). The Hall–Kier alpha value is -1.61. The quantitative estimate of drug-likeness (QED) is 0.814. The average Bonchev–Trinajstić information content (AvgIpc) is 2.95. The lowest BCUT2D eigenvalue weighted by Gasteiger charge is -2.08. The van der Waals surface area contributed by atoms with Gasteiger partial charge in [0.1, 0.15) is 0 Å². The maximum atomic E-state index is 11.6. The molecule has 0 amide bonds. The highest BCUT2D eigenvalue weighted by Crippen LogP contribution is 2.31. The van der Waals surface area contributed by atoms with Gasteiger partial charge in [0.2, 0.25) is 5.91 Å². The van der Waals surface area contributed by atoms with Crippen molar-refractivity contribution in [3.05, 3.63) is 36.0 Å². The van der Waals surface area contributed by atoms with Gasteiger partial charge in [0, 0.05) is 24.5 Å². The molecular weight excluding hydrogens is 212 g/mol. The number of hydrogen-bond donors (Lipinski definition) is 1. The number of nitrogens with one attached hydrogen (secondary N) is 1. The number of carbonyl (C=O) groups excluding carboxylic acids is 1. The third-order valence-corrected chi connectivity index (χ3v) is 3.52. The van der Waals surface area contributed by atoms with Crippen LogP contribution in [0.4, 0.5) is 0 Å². The number of rotatable bonds is 1. The van der Waals surface area contributed by atoms with Crippen molar-refractivity contribution in [1.29, 1.82) is 0 Å². The SMILES string of the molecule is CC(=O)n1cc([C@H]2CCCN2)c2ccccc21. The highest BCUT2D eigenvalue weighted by molar-refractivity contribution is 5.93. The van der Waals surface area contributed by atoms with Gasteiger partial charge < -0.3 is 5.32 Å². The maximum Gasteiger partial charge on any atom is 0.227 e. The lowest BCUT2D eigenvalue weighted by molar-refractivity contribution is 0.0941. The Labute approximate surface area is 100 Å². The van der Waals surface area contributed by atoms with Crippen LogP contribution in [0.1, 0.15) is 36.2 Å². The Bertz CT molecular complexity index is 565. The lowest BCUT2D eigenvalue weighted by atomic mass is 10.0. The molecule has 0 bridgehead atoms. The predicted molar refractivity (Wildman–Crippen MR) is 68.2 cm³/mol. The summed E-state index contributed by atoms with van der Waals surface area (Å²) in [6.07, 6.45) is 4.37. The van der Waals surface area contributed by atoms with Crippen molar-refractivity contribution in [2.75, 3.05) is 6.54 Å². The molecule has 1 aliphatic rings. The first-order chi connectivity index (χ1) is 8.27. The summed E-state index contributed by atoms with van der Waals surface area (Å²) in [4.78, 5) is 11.6. The molecule has 0 radical (unpaired) electrons. The molecule has 1 N–H and O–H groups in total. The van der Waals surface area contributed by atoms with E-state index in [-0.39, 0.29) is 5.91 Å². The predicted octanol–water partition coefficient (Wildman–Crippen LogP) is 2.73. The molecule has 0 spiro atoms. The van der Waals surface area contributed by atoms with Crippen LogP contribution >= 0.6 is 0 Å². The molecule has 1 saturated heterocycles. The minimum atomic E-state index is 0.0745. The number of fused-ring (bicyclic) bond motifs is 1. The van der Waals surface area contributed by atoms with Crippen molar-refractivity contribution in [3.63, 3.8) is 0 Å². The highest BCUT2D eigenvalue weighted by atomic mass is 16.1. The van der Waals surface area contributed by atoms with Crippen LogP contribution < -0.4 is 5.32 Å². The van der Waals surface area contributed by atoms with Gasteiger partial charge in [-0.1, -0.05) is 18.2 Å². The fraction of sp³-hybridized carbons (Fsp3) is 0.357. The molecule has 3 heteroatoms. The van der Waals surface area contributed by atoms with E-state index >= 15 is 0 Å². The zero-order valence-corrected chi connectivity index (χ0v) is 9.94. The maximum absolute atomic E-state index is 11.6. The number of hydrogen-bond acceptors (Lipinski definition) is 2.